The van der Waals surface area contributed by atoms with Gasteiger partial charge in [-0.15, -0.1) is 0 Å². The zero-order chi connectivity index (χ0) is 10.0. The van der Waals surface area contributed by atoms with Crippen molar-refractivity contribution in [1.82, 2.24) is 0 Å². The summed E-state index contributed by atoms with van der Waals surface area (Å²) in [6.45, 7) is 1.20. The average Bonchev–Trinajstić information content (AvgIpc) is 2.68. The van der Waals surface area contributed by atoms with Crippen LogP contribution < -0.4 is 0 Å². The first-order valence-corrected chi connectivity index (χ1v) is 5.89. The van der Waals surface area contributed by atoms with Crippen LogP contribution >= 0.6 is 22.6 Å². The Hall–Kier alpha value is -0.200. The summed E-state index contributed by atoms with van der Waals surface area (Å²) in [4.78, 5) is 0. The van der Waals surface area contributed by atoms with E-state index in [0.29, 0.717) is 17.6 Å². The van der Waals surface area contributed by atoms with Crippen molar-refractivity contribution < 1.29 is 13.9 Å². The van der Waals surface area contributed by atoms with E-state index in [1.54, 1.807) is 12.1 Å². The molecule has 4 heteroatoms. The van der Waals surface area contributed by atoms with Crippen molar-refractivity contribution in [3.63, 3.8) is 0 Å². The molecule has 0 N–H and O–H groups in total. The van der Waals surface area contributed by atoms with Crippen molar-refractivity contribution >= 4 is 22.6 Å². The maximum absolute atomic E-state index is 12.7. The minimum atomic E-state index is -0.658. The predicted molar refractivity (Wildman–Crippen MR) is 58.9 cm³/mol. The monoisotopic (exact) mass is 308 g/mol. The van der Waals surface area contributed by atoms with Gasteiger partial charge in [-0.1, -0.05) is 34.7 Å². The highest BCUT2D eigenvalue weighted by atomic mass is 127. The van der Waals surface area contributed by atoms with Gasteiger partial charge in [0.05, 0.1) is 17.6 Å². The lowest BCUT2D eigenvalue weighted by Crippen LogP contribution is -2.28. The van der Waals surface area contributed by atoms with E-state index in [1.165, 1.54) is 12.1 Å². The fourth-order valence-electron chi connectivity index (χ4n) is 1.48. The second kappa shape index (κ2) is 4.12. The molecule has 2 rings (SSSR count). The molecular weight excluding hydrogens is 298 g/mol. The molecule has 0 bridgehead atoms. The predicted octanol–water partition coefficient (Wildman–Crippen LogP) is 2.46. The van der Waals surface area contributed by atoms with E-state index in [-0.39, 0.29) is 5.82 Å². The molecule has 76 valence electrons. The zero-order valence-electron chi connectivity index (χ0n) is 7.50. The molecule has 0 saturated carbocycles. The second-order valence-corrected chi connectivity index (χ2v) is 3.85. The molecule has 1 aliphatic rings. The molecule has 1 aromatic carbocycles. The molecule has 0 radical (unpaired) electrons. The van der Waals surface area contributed by atoms with Crippen LogP contribution in [0, 0.1) is 5.82 Å². The van der Waals surface area contributed by atoms with Crippen LogP contribution in [0.5, 0.6) is 0 Å². The first-order chi connectivity index (χ1) is 6.77. The van der Waals surface area contributed by atoms with Crippen LogP contribution in [0.4, 0.5) is 4.39 Å². The number of ether oxygens (including phenoxy) is 2. The van der Waals surface area contributed by atoms with Crippen molar-refractivity contribution in [2.24, 2.45) is 0 Å². The van der Waals surface area contributed by atoms with Gasteiger partial charge in [0, 0.05) is 5.56 Å². The summed E-state index contributed by atoms with van der Waals surface area (Å²) < 4.78 is 24.6. The van der Waals surface area contributed by atoms with Crippen molar-refractivity contribution in [3.05, 3.63) is 35.6 Å². The number of hydrogen-bond donors (Lipinski definition) is 0. The lowest BCUT2D eigenvalue weighted by atomic mass is 10.1. The Bertz CT molecular complexity index is 306. The summed E-state index contributed by atoms with van der Waals surface area (Å²) in [5.41, 5.74) is 0.880. The molecule has 1 fully saturated rings. The molecule has 0 amide bonds. The van der Waals surface area contributed by atoms with Crippen LogP contribution in [0.2, 0.25) is 0 Å². The van der Waals surface area contributed by atoms with Gasteiger partial charge in [0.25, 0.3) is 0 Å². The molecule has 1 heterocycles. The molecule has 0 aliphatic carbocycles. The maximum Gasteiger partial charge on any atom is 0.204 e. The van der Waals surface area contributed by atoms with Gasteiger partial charge in [-0.05, 0) is 12.1 Å². The highest BCUT2D eigenvalue weighted by Gasteiger charge is 2.37. The van der Waals surface area contributed by atoms with E-state index < -0.39 is 5.79 Å². The van der Waals surface area contributed by atoms with E-state index in [1.807, 2.05) is 0 Å². The lowest BCUT2D eigenvalue weighted by molar-refractivity contribution is -0.142. The third-order valence-electron chi connectivity index (χ3n) is 2.21. The maximum atomic E-state index is 12.7. The quantitative estimate of drug-likeness (QED) is 0.617. The van der Waals surface area contributed by atoms with Gasteiger partial charge >= 0.3 is 0 Å². The SMILES string of the molecule is Fc1ccc(C2(CI)OCCO2)cc1. The molecule has 1 saturated heterocycles. The number of hydrogen-bond acceptors (Lipinski definition) is 2. The van der Waals surface area contributed by atoms with E-state index in [0.717, 1.165) is 5.56 Å². The Labute approximate surface area is 95.5 Å². The minimum Gasteiger partial charge on any atom is -0.343 e. The third-order valence-corrected chi connectivity index (χ3v) is 3.22. The van der Waals surface area contributed by atoms with Crippen molar-refractivity contribution in [2.45, 2.75) is 5.79 Å². The summed E-state index contributed by atoms with van der Waals surface area (Å²) in [5.74, 6) is -0.899. The Morgan fingerprint density at radius 2 is 1.79 bits per heavy atom. The standard InChI is InChI=1S/C10H10FIO2/c11-9-3-1-8(2-4-9)10(7-12)13-5-6-14-10/h1-4H,5-7H2. The molecule has 1 aromatic rings. The summed E-state index contributed by atoms with van der Waals surface area (Å²) in [6.07, 6.45) is 0. The van der Waals surface area contributed by atoms with Crippen LogP contribution in [0.1, 0.15) is 5.56 Å². The molecule has 1 aliphatic heterocycles. The molecule has 0 spiro atoms. The zero-order valence-corrected chi connectivity index (χ0v) is 9.66. The van der Waals surface area contributed by atoms with Crippen LogP contribution in [-0.4, -0.2) is 17.6 Å². The van der Waals surface area contributed by atoms with Gasteiger partial charge in [0.2, 0.25) is 5.79 Å². The number of rotatable bonds is 2. The molecule has 0 atom stereocenters. The average molecular weight is 308 g/mol. The largest absolute Gasteiger partial charge is 0.343 e. The van der Waals surface area contributed by atoms with Gasteiger partial charge < -0.3 is 9.47 Å². The first kappa shape index (κ1) is 10.3. The van der Waals surface area contributed by atoms with Gasteiger partial charge in [-0.2, -0.15) is 0 Å². The summed E-state index contributed by atoms with van der Waals surface area (Å²) in [7, 11) is 0. The highest BCUT2D eigenvalue weighted by Crippen LogP contribution is 2.33. The van der Waals surface area contributed by atoms with Crippen LogP contribution in [-0.2, 0) is 15.3 Å². The lowest BCUT2D eigenvalue weighted by Gasteiger charge is -2.25. The fourth-order valence-corrected chi connectivity index (χ4v) is 2.36. The number of halogens is 2. The van der Waals surface area contributed by atoms with Gasteiger partial charge in [-0.25, -0.2) is 4.39 Å². The first-order valence-electron chi connectivity index (χ1n) is 4.37. The molecule has 2 nitrogen and oxygen atoms in total. The topological polar surface area (TPSA) is 18.5 Å². The van der Waals surface area contributed by atoms with E-state index >= 15 is 0 Å². The smallest absolute Gasteiger partial charge is 0.204 e. The highest BCUT2D eigenvalue weighted by molar-refractivity contribution is 14.1. The van der Waals surface area contributed by atoms with Crippen molar-refractivity contribution in [3.8, 4) is 0 Å². The number of benzene rings is 1. The van der Waals surface area contributed by atoms with Crippen LogP contribution in [0.25, 0.3) is 0 Å². The fraction of sp³-hybridized carbons (Fsp3) is 0.400. The second-order valence-electron chi connectivity index (χ2n) is 3.09. The van der Waals surface area contributed by atoms with Crippen LogP contribution in [0.15, 0.2) is 24.3 Å². The van der Waals surface area contributed by atoms with Crippen molar-refractivity contribution in [2.75, 3.05) is 17.6 Å². The van der Waals surface area contributed by atoms with E-state index in [9.17, 15) is 4.39 Å². The van der Waals surface area contributed by atoms with E-state index in [2.05, 4.69) is 22.6 Å². The Morgan fingerprint density at radius 3 is 2.29 bits per heavy atom. The van der Waals surface area contributed by atoms with Crippen LogP contribution in [0.3, 0.4) is 0 Å². The summed E-state index contributed by atoms with van der Waals surface area (Å²) in [6, 6.07) is 6.27. The summed E-state index contributed by atoms with van der Waals surface area (Å²) in [5, 5.41) is 0. The van der Waals surface area contributed by atoms with Gasteiger partial charge in [-0.3, -0.25) is 0 Å². The molecule has 14 heavy (non-hydrogen) atoms. The number of alkyl halides is 1. The third kappa shape index (κ3) is 1.78. The Morgan fingerprint density at radius 1 is 1.21 bits per heavy atom. The summed E-state index contributed by atoms with van der Waals surface area (Å²) >= 11 is 2.21. The van der Waals surface area contributed by atoms with Crippen molar-refractivity contribution in [1.29, 1.82) is 0 Å². The minimum absolute atomic E-state index is 0.240. The van der Waals surface area contributed by atoms with E-state index in [4.69, 9.17) is 9.47 Å². The molecule has 0 aromatic heterocycles. The molecule has 0 unspecified atom stereocenters. The van der Waals surface area contributed by atoms with Gasteiger partial charge in [0.15, 0.2) is 0 Å². The molecular formula is C10H10FIO2. The normalized spacial score (nSPS) is 19.9. The van der Waals surface area contributed by atoms with Gasteiger partial charge in [0.1, 0.15) is 5.82 Å². The Kier molecular flexibility index (Phi) is 3.04. The Balaban J connectivity index is 2.31.